The summed E-state index contributed by atoms with van der Waals surface area (Å²) >= 11 is 0. The molecule has 0 aliphatic carbocycles. The minimum atomic E-state index is -0.713. The zero-order chi connectivity index (χ0) is 11.4. The Morgan fingerprint density at radius 2 is 2.33 bits per heavy atom. The molecule has 1 rings (SSSR count). The van der Waals surface area contributed by atoms with E-state index in [9.17, 15) is 9.59 Å². The van der Waals surface area contributed by atoms with Crippen LogP contribution < -0.4 is 5.43 Å². The monoisotopic (exact) mass is 206 g/mol. The predicted octanol–water partition coefficient (Wildman–Crippen LogP) is 0.732. The number of nitriles is 1. The number of H-pyrrole nitrogens is 1. The SMILES string of the molecule is CCOC(=O)c1c[nH]c(C)c(C#N)c1=O. The van der Waals surface area contributed by atoms with Crippen LogP contribution >= 0.6 is 0 Å². The van der Waals surface area contributed by atoms with Crippen LogP contribution in [0.15, 0.2) is 11.0 Å². The Balaban J connectivity index is 3.30. The molecule has 1 aromatic rings. The fraction of sp³-hybridized carbons (Fsp3) is 0.300. The lowest BCUT2D eigenvalue weighted by Gasteiger charge is -2.02. The molecule has 0 aromatic carbocycles. The molecule has 0 saturated heterocycles. The van der Waals surface area contributed by atoms with Crippen molar-refractivity contribution >= 4 is 5.97 Å². The van der Waals surface area contributed by atoms with Crippen molar-refractivity contribution in [3.05, 3.63) is 33.2 Å². The van der Waals surface area contributed by atoms with Gasteiger partial charge < -0.3 is 9.72 Å². The van der Waals surface area contributed by atoms with Gasteiger partial charge in [-0.2, -0.15) is 5.26 Å². The Hall–Kier alpha value is -2.09. The summed E-state index contributed by atoms with van der Waals surface area (Å²) in [5.74, 6) is -0.713. The van der Waals surface area contributed by atoms with E-state index in [2.05, 4.69) is 9.72 Å². The summed E-state index contributed by atoms with van der Waals surface area (Å²) in [5.41, 5.74) is -0.345. The molecule has 5 nitrogen and oxygen atoms in total. The second kappa shape index (κ2) is 4.42. The zero-order valence-corrected chi connectivity index (χ0v) is 8.46. The second-order valence-electron chi connectivity index (χ2n) is 2.86. The summed E-state index contributed by atoms with van der Waals surface area (Å²) < 4.78 is 4.68. The molecule has 0 amide bonds. The summed E-state index contributed by atoms with van der Waals surface area (Å²) in [7, 11) is 0. The van der Waals surface area contributed by atoms with Crippen LogP contribution in [-0.4, -0.2) is 17.6 Å². The van der Waals surface area contributed by atoms with Gasteiger partial charge >= 0.3 is 5.97 Å². The topological polar surface area (TPSA) is 82.9 Å². The van der Waals surface area contributed by atoms with E-state index in [1.165, 1.54) is 6.20 Å². The Labute approximate surface area is 86.3 Å². The van der Waals surface area contributed by atoms with Crippen molar-refractivity contribution in [1.82, 2.24) is 4.98 Å². The molecule has 1 aromatic heterocycles. The highest BCUT2D eigenvalue weighted by Gasteiger charge is 2.15. The van der Waals surface area contributed by atoms with Crippen molar-refractivity contribution in [2.24, 2.45) is 0 Å². The molecule has 0 radical (unpaired) electrons. The van der Waals surface area contributed by atoms with Gasteiger partial charge in [-0.25, -0.2) is 4.79 Å². The molecule has 0 aliphatic heterocycles. The van der Waals surface area contributed by atoms with Crippen LogP contribution in [0.2, 0.25) is 0 Å². The van der Waals surface area contributed by atoms with E-state index in [0.29, 0.717) is 5.69 Å². The van der Waals surface area contributed by atoms with Gasteiger partial charge in [0, 0.05) is 11.9 Å². The molecule has 1 N–H and O–H groups in total. The minimum Gasteiger partial charge on any atom is -0.462 e. The van der Waals surface area contributed by atoms with E-state index < -0.39 is 11.4 Å². The number of esters is 1. The van der Waals surface area contributed by atoms with Crippen molar-refractivity contribution in [3.63, 3.8) is 0 Å². The fourth-order valence-electron chi connectivity index (χ4n) is 1.12. The van der Waals surface area contributed by atoms with E-state index in [1.807, 2.05) is 0 Å². The Bertz CT molecular complexity index is 482. The number of ether oxygens (including phenoxy) is 1. The average Bonchev–Trinajstić information content (AvgIpc) is 2.18. The first-order valence-electron chi connectivity index (χ1n) is 4.41. The van der Waals surface area contributed by atoms with Crippen molar-refractivity contribution in [2.45, 2.75) is 13.8 Å². The van der Waals surface area contributed by atoms with E-state index in [1.54, 1.807) is 19.9 Å². The van der Waals surface area contributed by atoms with E-state index in [0.717, 1.165) is 0 Å². The molecule has 0 bridgehead atoms. The lowest BCUT2D eigenvalue weighted by Crippen LogP contribution is -2.21. The van der Waals surface area contributed by atoms with Crippen LogP contribution in [0.5, 0.6) is 0 Å². The number of aromatic nitrogens is 1. The number of nitrogens with zero attached hydrogens (tertiary/aromatic N) is 1. The first-order chi connectivity index (χ1) is 7.11. The Morgan fingerprint density at radius 3 is 2.87 bits per heavy atom. The van der Waals surface area contributed by atoms with Crippen molar-refractivity contribution < 1.29 is 9.53 Å². The molecular formula is C10H10N2O3. The maximum atomic E-state index is 11.6. The summed E-state index contributed by atoms with van der Waals surface area (Å²) in [6.07, 6.45) is 1.26. The second-order valence-corrected chi connectivity index (χ2v) is 2.86. The molecule has 0 saturated carbocycles. The van der Waals surface area contributed by atoms with Gasteiger partial charge in [0.2, 0.25) is 5.43 Å². The van der Waals surface area contributed by atoms with Crippen LogP contribution in [-0.2, 0) is 4.74 Å². The Kier molecular flexibility index (Phi) is 3.24. The number of aromatic amines is 1. The number of hydrogen-bond donors (Lipinski definition) is 1. The quantitative estimate of drug-likeness (QED) is 0.723. The standard InChI is InChI=1S/C10H10N2O3/c1-3-15-10(14)8-5-12-6(2)7(4-11)9(8)13/h5H,3H2,1-2H3,(H,12,13). The van der Waals surface area contributed by atoms with Gasteiger partial charge in [0.05, 0.1) is 6.61 Å². The van der Waals surface area contributed by atoms with Gasteiger partial charge in [0.1, 0.15) is 17.2 Å². The average molecular weight is 206 g/mol. The van der Waals surface area contributed by atoms with E-state index in [4.69, 9.17) is 5.26 Å². The van der Waals surface area contributed by atoms with E-state index >= 15 is 0 Å². The number of rotatable bonds is 2. The predicted molar refractivity (Wildman–Crippen MR) is 52.5 cm³/mol. The lowest BCUT2D eigenvalue weighted by molar-refractivity contribution is 0.0524. The van der Waals surface area contributed by atoms with Gasteiger partial charge in [-0.1, -0.05) is 0 Å². The summed E-state index contributed by atoms with van der Waals surface area (Å²) in [5, 5.41) is 8.71. The van der Waals surface area contributed by atoms with Gasteiger partial charge in [-0.3, -0.25) is 4.79 Å². The number of pyridine rings is 1. The van der Waals surface area contributed by atoms with Crippen molar-refractivity contribution in [2.75, 3.05) is 6.61 Å². The van der Waals surface area contributed by atoms with Gasteiger partial charge in [0.15, 0.2) is 0 Å². The normalized spacial score (nSPS) is 9.40. The van der Waals surface area contributed by atoms with Crippen LogP contribution in [0.3, 0.4) is 0 Å². The minimum absolute atomic E-state index is 0.0550. The maximum absolute atomic E-state index is 11.6. The molecule has 0 spiro atoms. The number of hydrogen-bond acceptors (Lipinski definition) is 4. The first-order valence-corrected chi connectivity index (χ1v) is 4.41. The number of carbonyl (C=O) groups excluding carboxylic acids is 1. The van der Waals surface area contributed by atoms with Crippen molar-refractivity contribution in [1.29, 1.82) is 5.26 Å². The number of carbonyl (C=O) groups is 1. The van der Waals surface area contributed by atoms with E-state index in [-0.39, 0.29) is 17.7 Å². The number of aryl methyl sites for hydroxylation is 1. The van der Waals surface area contributed by atoms with Crippen molar-refractivity contribution in [3.8, 4) is 6.07 Å². The van der Waals surface area contributed by atoms with Crippen LogP contribution in [0, 0.1) is 18.3 Å². The third kappa shape index (κ3) is 2.05. The van der Waals surface area contributed by atoms with Gasteiger partial charge in [-0.15, -0.1) is 0 Å². The number of nitrogens with one attached hydrogen (secondary N) is 1. The smallest absolute Gasteiger partial charge is 0.343 e. The van der Waals surface area contributed by atoms with Crippen LogP contribution in [0.1, 0.15) is 28.5 Å². The highest BCUT2D eigenvalue weighted by Crippen LogP contribution is 2.01. The molecular weight excluding hydrogens is 196 g/mol. The van der Waals surface area contributed by atoms with Crippen LogP contribution in [0.4, 0.5) is 0 Å². The molecule has 0 unspecified atom stereocenters. The maximum Gasteiger partial charge on any atom is 0.343 e. The zero-order valence-electron chi connectivity index (χ0n) is 8.46. The largest absolute Gasteiger partial charge is 0.462 e. The first kappa shape index (κ1) is 11.0. The van der Waals surface area contributed by atoms with Gasteiger partial charge in [0.25, 0.3) is 0 Å². The Morgan fingerprint density at radius 1 is 1.67 bits per heavy atom. The molecule has 5 heteroatoms. The molecule has 15 heavy (non-hydrogen) atoms. The van der Waals surface area contributed by atoms with Gasteiger partial charge in [-0.05, 0) is 13.8 Å². The third-order valence-electron chi connectivity index (χ3n) is 1.89. The fourth-order valence-corrected chi connectivity index (χ4v) is 1.12. The highest BCUT2D eigenvalue weighted by atomic mass is 16.5. The third-order valence-corrected chi connectivity index (χ3v) is 1.89. The summed E-state index contributed by atoms with van der Waals surface area (Å²) in [4.78, 5) is 25.6. The summed E-state index contributed by atoms with van der Waals surface area (Å²) in [6, 6.07) is 1.75. The summed E-state index contributed by atoms with van der Waals surface area (Å²) in [6.45, 7) is 3.43. The lowest BCUT2D eigenvalue weighted by atomic mass is 10.1. The molecule has 1 heterocycles. The molecule has 0 atom stereocenters. The molecule has 0 aliphatic rings. The molecule has 78 valence electrons. The molecule has 0 fully saturated rings. The van der Waals surface area contributed by atoms with Crippen LogP contribution in [0.25, 0.3) is 0 Å². The highest BCUT2D eigenvalue weighted by molar-refractivity contribution is 5.89.